The summed E-state index contributed by atoms with van der Waals surface area (Å²) < 4.78 is 41.6. The molecule has 2 heterocycles. The lowest BCUT2D eigenvalue weighted by Gasteiger charge is -2.35. The second kappa shape index (κ2) is 8.35. The van der Waals surface area contributed by atoms with Gasteiger partial charge >= 0.3 is 6.18 Å². The van der Waals surface area contributed by atoms with Crippen molar-refractivity contribution in [1.82, 2.24) is 19.9 Å². The number of nitrogens with one attached hydrogen (secondary N) is 1. The third-order valence-electron chi connectivity index (χ3n) is 5.25. The molecule has 1 aliphatic heterocycles. The van der Waals surface area contributed by atoms with Gasteiger partial charge in [0.05, 0.1) is 41.1 Å². The Labute approximate surface area is 172 Å². The number of rotatable bonds is 5. The van der Waals surface area contributed by atoms with Crippen LogP contribution in [0.2, 0.25) is 0 Å². The summed E-state index contributed by atoms with van der Waals surface area (Å²) in [5.74, 6) is 0. The molecule has 30 heavy (non-hydrogen) atoms. The number of benzene rings is 2. The SMILES string of the molecule is CN1CCN(c2ccc(C(F)(F)F)cc2NCc2cnnn2-c2ccccc2)CC1. The Morgan fingerprint density at radius 3 is 2.43 bits per heavy atom. The monoisotopic (exact) mass is 416 g/mol. The van der Waals surface area contributed by atoms with Crippen LogP contribution >= 0.6 is 0 Å². The van der Waals surface area contributed by atoms with Crippen molar-refractivity contribution in [3.63, 3.8) is 0 Å². The minimum Gasteiger partial charge on any atom is -0.378 e. The maximum absolute atomic E-state index is 13.3. The number of alkyl halides is 3. The van der Waals surface area contributed by atoms with Crippen molar-refractivity contribution in [3.8, 4) is 5.69 Å². The molecule has 0 radical (unpaired) electrons. The predicted molar refractivity (Wildman–Crippen MR) is 110 cm³/mol. The first kappa shape index (κ1) is 20.2. The molecule has 0 bridgehead atoms. The summed E-state index contributed by atoms with van der Waals surface area (Å²) in [6, 6.07) is 13.4. The number of hydrogen-bond donors (Lipinski definition) is 1. The molecule has 1 fully saturated rings. The minimum atomic E-state index is -4.40. The van der Waals surface area contributed by atoms with Gasteiger partial charge in [-0.2, -0.15) is 13.2 Å². The maximum atomic E-state index is 13.3. The van der Waals surface area contributed by atoms with Gasteiger partial charge in [0, 0.05) is 26.2 Å². The van der Waals surface area contributed by atoms with Crippen LogP contribution in [0.15, 0.2) is 54.7 Å². The van der Waals surface area contributed by atoms with Crippen LogP contribution in [0.25, 0.3) is 5.69 Å². The number of piperazine rings is 1. The molecule has 0 aliphatic carbocycles. The standard InChI is InChI=1S/C21H23F3N6/c1-28-9-11-29(12-10-28)20-8-7-16(21(22,23)24)13-19(20)25-14-18-15-26-27-30(18)17-5-3-2-4-6-17/h2-8,13,15,25H,9-12,14H2,1H3. The molecule has 0 atom stereocenters. The van der Waals surface area contributed by atoms with Crippen molar-refractivity contribution in [3.05, 3.63) is 66.0 Å². The number of halogens is 3. The average Bonchev–Trinajstić information content (AvgIpc) is 3.21. The highest BCUT2D eigenvalue weighted by molar-refractivity contribution is 5.71. The third kappa shape index (κ3) is 4.40. The molecule has 9 heteroatoms. The Morgan fingerprint density at radius 2 is 1.73 bits per heavy atom. The van der Waals surface area contributed by atoms with Crippen LogP contribution in [0, 0.1) is 0 Å². The molecule has 4 rings (SSSR count). The number of para-hydroxylation sites is 1. The Morgan fingerprint density at radius 1 is 1.00 bits per heavy atom. The lowest BCUT2D eigenvalue weighted by atomic mass is 10.1. The quantitative estimate of drug-likeness (QED) is 0.688. The van der Waals surface area contributed by atoms with E-state index in [1.54, 1.807) is 16.9 Å². The highest BCUT2D eigenvalue weighted by atomic mass is 19.4. The number of nitrogens with zero attached hydrogens (tertiary/aromatic N) is 5. The van der Waals surface area contributed by atoms with E-state index in [2.05, 4.69) is 25.4 Å². The first-order valence-electron chi connectivity index (χ1n) is 9.75. The van der Waals surface area contributed by atoms with Crippen molar-refractivity contribution in [2.24, 2.45) is 0 Å². The van der Waals surface area contributed by atoms with Crippen molar-refractivity contribution >= 4 is 11.4 Å². The Bertz CT molecular complexity index is 978. The fourth-order valence-electron chi connectivity index (χ4n) is 3.53. The smallest absolute Gasteiger partial charge is 0.378 e. The molecule has 1 N–H and O–H groups in total. The van der Waals surface area contributed by atoms with E-state index in [-0.39, 0.29) is 0 Å². The average molecular weight is 416 g/mol. The van der Waals surface area contributed by atoms with Gasteiger partial charge < -0.3 is 15.1 Å². The van der Waals surface area contributed by atoms with Gasteiger partial charge in [0.2, 0.25) is 0 Å². The molecule has 0 unspecified atom stereocenters. The zero-order chi connectivity index (χ0) is 21.1. The molecule has 0 amide bonds. The first-order valence-corrected chi connectivity index (χ1v) is 9.75. The molecule has 1 aromatic heterocycles. The fraction of sp³-hybridized carbons (Fsp3) is 0.333. The van der Waals surface area contributed by atoms with Crippen LogP contribution in [0.5, 0.6) is 0 Å². The third-order valence-corrected chi connectivity index (χ3v) is 5.25. The maximum Gasteiger partial charge on any atom is 0.416 e. The molecule has 3 aromatic rings. The predicted octanol–water partition coefficient (Wildman–Crippen LogP) is 3.65. The fourth-order valence-corrected chi connectivity index (χ4v) is 3.53. The van der Waals surface area contributed by atoms with Crippen LogP contribution < -0.4 is 10.2 Å². The van der Waals surface area contributed by atoms with E-state index in [1.165, 1.54) is 6.07 Å². The van der Waals surface area contributed by atoms with Gasteiger partial charge in [0.1, 0.15) is 0 Å². The normalized spacial score (nSPS) is 15.4. The van der Waals surface area contributed by atoms with Gasteiger partial charge in [-0.3, -0.25) is 0 Å². The number of aromatic nitrogens is 3. The summed E-state index contributed by atoms with van der Waals surface area (Å²) in [4.78, 5) is 4.33. The van der Waals surface area contributed by atoms with E-state index in [4.69, 9.17) is 0 Å². The van der Waals surface area contributed by atoms with E-state index < -0.39 is 11.7 Å². The molecular weight excluding hydrogens is 393 g/mol. The van der Waals surface area contributed by atoms with Gasteiger partial charge in [-0.05, 0) is 37.4 Å². The van der Waals surface area contributed by atoms with E-state index in [0.717, 1.165) is 49.3 Å². The molecule has 6 nitrogen and oxygen atoms in total. The van der Waals surface area contributed by atoms with Gasteiger partial charge in [-0.1, -0.05) is 23.4 Å². The Balaban J connectivity index is 1.60. The van der Waals surface area contributed by atoms with Crippen LogP contribution in [-0.4, -0.2) is 53.1 Å². The number of likely N-dealkylation sites (N-methyl/N-ethyl adjacent to an activating group) is 1. The number of hydrogen-bond acceptors (Lipinski definition) is 5. The first-order chi connectivity index (χ1) is 14.4. The zero-order valence-corrected chi connectivity index (χ0v) is 16.6. The molecule has 1 aliphatic rings. The van der Waals surface area contributed by atoms with Crippen LogP contribution in [0.4, 0.5) is 24.5 Å². The molecule has 2 aromatic carbocycles. The molecular formula is C21H23F3N6. The zero-order valence-electron chi connectivity index (χ0n) is 16.6. The summed E-state index contributed by atoms with van der Waals surface area (Å²) in [5.41, 5.74) is 2.15. The van der Waals surface area contributed by atoms with Gasteiger partial charge in [0.25, 0.3) is 0 Å². The van der Waals surface area contributed by atoms with Crippen molar-refractivity contribution in [1.29, 1.82) is 0 Å². The Kier molecular flexibility index (Phi) is 5.63. The van der Waals surface area contributed by atoms with Gasteiger partial charge in [-0.15, -0.1) is 5.10 Å². The van der Waals surface area contributed by atoms with Gasteiger partial charge in [0.15, 0.2) is 0 Å². The second-order valence-electron chi connectivity index (χ2n) is 7.35. The van der Waals surface area contributed by atoms with Crippen LogP contribution in [-0.2, 0) is 12.7 Å². The summed E-state index contributed by atoms with van der Waals surface area (Å²) >= 11 is 0. The van der Waals surface area contributed by atoms with Crippen molar-refractivity contribution in [2.75, 3.05) is 43.4 Å². The molecule has 158 valence electrons. The van der Waals surface area contributed by atoms with Crippen LogP contribution in [0.3, 0.4) is 0 Å². The lowest BCUT2D eigenvalue weighted by molar-refractivity contribution is -0.137. The van der Waals surface area contributed by atoms with Crippen LogP contribution in [0.1, 0.15) is 11.3 Å². The second-order valence-corrected chi connectivity index (χ2v) is 7.35. The minimum absolute atomic E-state index is 0.296. The summed E-state index contributed by atoms with van der Waals surface area (Å²) in [6.45, 7) is 3.56. The largest absolute Gasteiger partial charge is 0.416 e. The van der Waals surface area contributed by atoms with Gasteiger partial charge in [-0.25, -0.2) is 4.68 Å². The Hall–Kier alpha value is -3.07. The molecule has 0 saturated carbocycles. The summed E-state index contributed by atoms with van der Waals surface area (Å²) in [6.07, 6.45) is -2.78. The number of anilines is 2. The van der Waals surface area contributed by atoms with E-state index in [1.807, 2.05) is 37.4 Å². The van der Waals surface area contributed by atoms with E-state index in [9.17, 15) is 13.2 Å². The van der Waals surface area contributed by atoms with Crippen molar-refractivity contribution in [2.45, 2.75) is 12.7 Å². The van der Waals surface area contributed by atoms with E-state index in [0.29, 0.717) is 12.2 Å². The highest BCUT2D eigenvalue weighted by Crippen LogP contribution is 2.36. The van der Waals surface area contributed by atoms with Crippen molar-refractivity contribution < 1.29 is 13.2 Å². The lowest BCUT2D eigenvalue weighted by Crippen LogP contribution is -2.44. The highest BCUT2D eigenvalue weighted by Gasteiger charge is 2.31. The van der Waals surface area contributed by atoms with E-state index >= 15 is 0 Å². The molecule has 1 saturated heterocycles. The topological polar surface area (TPSA) is 49.2 Å². The molecule has 0 spiro atoms. The summed E-state index contributed by atoms with van der Waals surface area (Å²) in [7, 11) is 2.04. The summed E-state index contributed by atoms with van der Waals surface area (Å²) in [5, 5.41) is 11.3.